The fraction of sp³-hybridized carbons (Fsp3) is 0.136. The normalized spacial score (nSPS) is 12.8. The second-order valence-corrected chi connectivity index (χ2v) is 8.58. The molecule has 1 amide bonds. The van der Waals surface area contributed by atoms with Gasteiger partial charge in [0, 0.05) is 46.3 Å². The summed E-state index contributed by atoms with van der Waals surface area (Å²) in [7, 11) is 3.90. The Morgan fingerprint density at radius 1 is 0.815 bits per heavy atom. The van der Waals surface area contributed by atoms with Crippen LogP contribution in [0.5, 0.6) is 0 Å². The van der Waals surface area contributed by atoms with Crippen LogP contribution in [0.15, 0.2) is 86.3 Å². The lowest BCUT2D eigenvalue weighted by Crippen LogP contribution is -2.23. The molecule has 1 aliphatic heterocycles. The van der Waals surface area contributed by atoms with Gasteiger partial charge in [-0.25, -0.2) is 0 Å². The first kappa shape index (κ1) is 18.0. The molecule has 0 spiro atoms. The summed E-state index contributed by atoms with van der Waals surface area (Å²) in [6.45, 7) is 1.59. The first-order chi connectivity index (χ1) is 13.0. The van der Waals surface area contributed by atoms with Crippen LogP contribution in [0.25, 0.3) is 0 Å². The highest BCUT2D eigenvalue weighted by molar-refractivity contribution is 8.02. The summed E-state index contributed by atoms with van der Waals surface area (Å²) in [6, 6.07) is 23.2. The number of carbonyl (C=O) groups excluding carboxylic acids is 1. The van der Waals surface area contributed by atoms with E-state index >= 15 is 0 Å². The number of hydrogen-bond donors (Lipinski definition) is 0. The van der Waals surface area contributed by atoms with E-state index < -0.39 is 0 Å². The largest absolute Gasteiger partial charge is 0.343 e. The first-order valence-electron chi connectivity index (χ1n) is 8.70. The minimum absolute atomic E-state index is 0.0228. The second kappa shape index (κ2) is 7.33. The molecule has 0 saturated heterocycles. The molecule has 1 heterocycles. The van der Waals surface area contributed by atoms with Crippen LogP contribution in [-0.4, -0.2) is 20.0 Å². The van der Waals surface area contributed by atoms with E-state index in [1.165, 1.54) is 19.6 Å². The van der Waals surface area contributed by atoms with Crippen molar-refractivity contribution in [3.05, 3.63) is 66.7 Å². The van der Waals surface area contributed by atoms with Crippen LogP contribution in [0.2, 0.25) is 0 Å². The highest BCUT2D eigenvalue weighted by atomic mass is 32.2. The predicted molar refractivity (Wildman–Crippen MR) is 115 cm³/mol. The summed E-state index contributed by atoms with van der Waals surface area (Å²) >= 11 is 3.56. The molecule has 0 N–H and O–H groups in total. The highest BCUT2D eigenvalue weighted by Gasteiger charge is 2.20. The summed E-state index contributed by atoms with van der Waals surface area (Å²) < 4.78 is 0. The lowest BCUT2D eigenvalue weighted by atomic mass is 10.2. The van der Waals surface area contributed by atoms with Crippen LogP contribution < -0.4 is 9.80 Å². The van der Waals surface area contributed by atoms with E-state index in [0.717, 1.165) is 17.1 Å². The monoisotopic (exact) mass is 392 g/mol. The zero-order valence-corrected chi connectivity index (χ0v) is 17.1. The maximum absolute atomic E-state index is 11.8. The summed E-state index contributed by atoms with van der Waals surface area (Å²) in [5, 5.41) is 0. The SMILES string of the molecule is CC(=O)N(C)c1ccc2c(c1)N(C)c1ccccc1Sc1ccccc1S2. The Balaban J connectivity index is 1.93. The third-order valence-electron chi connectivity index (χ3n) is 4.68. The minimum atomic E-state index is 0.0228. The number of fused-ring (bicyclic) bond motifs is 3. The van der Waals surface area contributed by atoms with Crippen molar-refractivity contribution in [2.75, 3.05) is 23.9 Å². The van der Waals surface area contributed by atoms with Gasteiger partial charge >= 0.3 is 0 Å². The quantitative estimate of drug-likeness (QED) is 0.503. The van der Waals surface area contributed by atoms with E-state index in [-0.39, 0.29) is 5.91 Å². The molecule has 0 fully saturated rings. The van der Waals surface area contributed by atoms with Crippen LogP contribution >= 0.6 is 23.5 Å². The third kappa shape index (κ3) is 3.45. The van der Waals surface area contributed by atoms with Crippen LogP contribution in [-0.2, 0) is 4.79 Å². The number of para-hydroxylation sites is 1. The van der Waals surface area contributed by atoms with Gasteiger partial charge in [-0.15, -0.1) is 0 Å². The van der Waals surface area contributed by atoms with E-state index in [1.807, 2.05) is 13.1 Å². The summed E-state index contributed by atoms with van der Waals surface area (Å²) in [5.41, 5.74) is 3.14. The van der Waals surface area contributed by atoms with Gasteiger partial charge in [-0.3, -0.25) is 4.79 Å². The molecule has 0 bridgehead atoms. The van der Waals surface area contributed by atoms with Crippen LogP contribution in [0.3, 0.4) is 0 Å². The Morgan fingerprint density at radius 3 is 2.00 bits per heavy atom. The van der Waals surface area contributed by atoms with Gasteiger partial charge in [0.1, 0.15) is 0 Å². The lowest BCUT2D eigenvalue weighted by Gasteiger charge is -2.25. The molecule has 0 saturated carbocycles. The number of anilines is 3. The molecule has 5 heteroatoms. The average molecular weight is 393 g/mol. The highest BCUT2D eigenvalue weighted by Crippen LogP contribution is 2.48. The molecule has 0 aliphatic carbocycles. The molecular formula is C22H20N2OS2. The van der Waals surface area contributed by atoms with Crippen molar-refractivity contribution < 1.29 is 4.79 Å². The standard InChI is InChI=1S/C22H20N2OS2/c1-15(25)23(2)16-12-13-20-18(14-16)24(3)17-8-4-5-9-19(17)26-21-10-6-7-11-22(21)27-20/h4-14H,1-3H3. The second-order valence-electron chi connectivity index (χ2n) is 6.41. The van der Waals surface area contributed by atoms with E-state index in [4.69, 9.17) is 0 Å². The van der Waals surface area contributed by atoms with Crippen molar-refractivity contribution >= 4 is 46.5 Å². The van der Waals surface area contributed by atoms with E-state index in [2.05, 4.69) is 72.6 Å². The molecule has 3 aromatic carbocycles. The Hall–Kier alpha value is -2.37. The average Bonchev–Trinajstić information content (AvgIpc) is 2.73. The first-order valence-corrected chi connectivity index (χ1v) is 10.3. The summed E-state index contributed by atoms with van der Waals surface area (Å²) in [6.07, 6.45) is 0. The van der Waals surface area contributed by atoms with Crippen molar-refractivity contribution in [2.24, 2.45) is 0 Å². The van der Waals surface area contributed by atoms with Gasteiger partial charge in [-0.1, -0.05) is 47.8 Å². The van der Waals surface area contributed by atoms with Gasteiger partial charge in [-0.2, -0.15) is 0 Å². The van der Waals surface area contributed by atoms with Gasteiger partial charge in [0.25, 0.3) is 0 Å². The topological polar surface area (TPSA) is 23.6 Å². The minimum Gasteiger partial charge on any atom is -0.343 e. The van der Waals surface area contributed by atoms with Gasteiger partial charge in [0.15, 0.2) is 0 Å². The Morgan fingerprint density at radius 2 is 1.37 bits per heavy atom. The number of rotatable bonds is 1. The molecule has 0 unspecified atom stereocenters. The zero-order chi connectivity index (χ0) is 19.0. The van der Waals surface area contributed by atoms with Crippen molar-refractivity contribution in [3.63, 3.8) is 0 Å². The van der Waals surface area contributed by atoms with Crippen LogP contribution in [0.1, 0.15) is 6.92 Å². The molecule has 3 aromatic rings. The van der Waals surface area contributed by atoms with E-state index in [0.29, 0.717) is 0 Å². The maximum atomic E-state index is 11.8. The summed E-state index contributed by atoms with van der Waals surface area (Å²) in [5.74, 6) is 0.0228. The number of benzene rings is 3. The zero-order valence-electron chi connectivity index (χ0n) is 15.5. The molecule has 0 radical (unpaired) electrons. The van der Waals surface area contributed by atoms with Crippen molar-refractivity contribution in [3.8, 4) is 0 Å². The molecule has 3 nitrogen and oxygen atoms in total. The fourth-order valence-electron chi connectivity index (χ4n) is 3.05. The Bertz CT molecular complexity index is 1020. The van der Waals surface area contributed by atoms with Crippen molar-refractivity contribution in [1.29, 1.82) is 0 Å². The van der Waals surface area contributed by atoms with Gasteiger partial charge in [0.2, 0.25) is 5.91 Å². The van der Waals surface area contributed by atoms with Crippen molar-refractivity contribution in [1.82, 2.24) is 0 Å². The maximum Gasteiger partial charge on any atom is 0.223 e. The molecule has 4 rings (SSSR count). The van der Waals surface area contributed by atoms with Gasteiger partial charge in [0.05, 0.1) is 11.4 Å². The molecule has 1 aliphatic rings. The molecule has 136 valence electrons. The number of nitrogens with zero attached hydrogens (tertiary/aromatic N) is 2. The lowest BCUT2D eigenvalue weighted by molar-refractivity contribution is -0.116. The smallest absolute Gasteiger partial charge is 0.223 e. The third-order valence-corrected chi connectivity index (χ3v) is 7.09. The molecular weight excluding hydrogens is 372 g/mol. The Labute approximate surface area is 168 Å². The number of hydrogen-bond acceptors (Lipinski definition) is 4. The van der Waals surface area contributed by atoms with Crippen LogP contribution in [0, 0.1) is 0 Å². The molecule has 27 heavy (non-hydrogen) atoms. The molecule has 0 atom stereocenters. The fourth-order valence-corrected chi connectivity index (χ4v) is 5.30. The number of carbonyl (C=O) groups is 1. The van der Waals surface area contributed by atoms with E-state index in [9.17, 15) is 4.79 Å². The summed E-state index contributed by atoms with van der Waals surface area (Å²) in [4.78, 5) is 20.6. The predicted octanol–water partition coefficient (Wildman–Crippen LogP) is 6.05. The van der Waals surface area contributed by atoms with Crippen molar-refractivity contribution in [2.45, 2.75) is 26.5 Å². The Kier molecular flexibility index (Phi) is 4.89. The van der Waals surface area contributed by atoms with Gasteiger partial charge < -0.3 is 9.80 Å². The van der Waals surface area contributed by atoms with Crippen LogP contribution in [0.4, 0.5) is 17.1 Å². The van der Waals surface area contributed by atoms with E-state index in [1.54, 1.807) is 35.3 Å². The van der Waals surface area contributed by atoms with Gasteiger partial charge in [-0.05, 0) is 42.5 Å². The molecule has 0 aromatic heterocycles. The number of amides is 1.